The van der Waals surface area contributed by atoms with Gasteiger partial charge in [-0.3, -0.25) is 9.59 Å². The Hall–Kier alpha value is -2.69. The standard InChI is InChI=1S/C19H19FN2O2/c20-17-8-6-15(7-9-17)12-22-13-16(10-18(22)23)19(24)21-11-14-4-2-1-3-5-14/h1-9,16H,10-13H2,(H,21,24)/t16-/m1/s1. The minimum absolute atomic E-state index is 0.0424. The zero-order chi connectivity index (χ0) is 16.9. The van der Waals surface area contributed by atoms with E-state index in [9.17, 15) is 14.0 Å². The monoisotopic (exact) mass is 326 g/mol. The third-order valence-corrected chi connectivity index (χ3v) is 4.18. The fraction of sp³-hybridized carbons (Fsp3) is 0.263. The van der Waals surface area contributed by atoms with Crippen molar-refractivity contribution in [1.82, 2.24) is 10.2 Å². The summed E-state index contributed by atoms with van der Waals surface area (Å²) >= 11 is 0. The number of nitrogens with zero attached hydrogens (tertiary/aromatic N) is 1. The summed E-state index contributed by atoms with van der Waals surface area (Å²) in [7, 11) is 0. The van der Waals surface area contributed by atoms with Crippen molar-refractivity contribution >= 4 is 11.8 Å². The quantitative estimate of drug-likeness (QED) is 0.918. The van der Waals surface area contributed by atoms with Crippen LogP contribution in [0.4, 0.5) is 4.39 Å². The molecule has 0 unspecified atom stereocenters. The summed E-state index contributed by atoms with van der Waals surface area (Å²) in [5, 5.41) is 2.89. The molecule has 1 saturated heterocycles. The van der Waals surface area contributed by atoms with Crippen molar-refractivity contribution in [1.29, 1.82) is 0 Å². The van der Waals surface area contributed by atoms with E-state index in [1.165, 1.54) is 12.1 Å². The molecule has 24 heavy (non-hydrogen) atoms. The lowest BCUT2D eigenvalue weighted by molar-refractivity contribution is -0.129. The normalized spacial score (nSPS) is 17.1. The second-order valence-corrected chi connectivity index (χ2v) is 6.01. The Bertz CT molecular complexity index is 716. The van der Waals surface area contributed by atoms with E-state index in [0.717, 1.165) is 11.1 Å². The number of hydrogen-bond acceptors (Lipinski definition) is 2. The van der Waals surface area contributed by atoms with Crippen molar-refractivity contribution in [2.75, 3.05) is 6.54 Å². The molecule has 4 nitrogen and oxygen atoms in total. The van der Waals surface area contributed by atoms with Crippen LogP contribution in [0.25, 0.3) is 0 Å². The minimum atomic E-state index is -0.332. The molecule has 0 saturated carbocycles. The Balaban J connectivity index is 1.53. The fourth-order valence-corrected chi connectivity index (χ4v) is 2.84. The molecule has 0 aromatic heterocycles. The maximum Gasteiger partial charge on any atom is 0.225 e. The Kier molecular flexibility index (Phi) is 4.89. The van der Waals surface area contributed by atoms with E-state index < -0.39 is 0 Å². The third kappa shape index (κ3) is 3.98. The van der Waals surface area contributed by atoms with Gasteiger partial charge in [0.1, 0.15) is 5.82 Å². The van der Waals surface area contributed by atoms with Gasteiger partial charge in [0.15, 0.2) is 0 Å². The summed E-state index contributed by atoms with van der Waals surface area (Å²) in [6, 6.07) is 15.7. The number of likely N-dealkylation sites (tertiary alicyclic amines) is 1. The molecule has 124 valence electrons. The van der Waals surface area contributed by atoms with Crippen LogP contribution in [-0.4, -0.2) is 23.3 Å². The van der Waals surface area contributed by atoms with Gasteiger partial charge in [0.05, 0.1) is 5.92 Å². The van der Waals surface area contributed by atoms with Gasteiger partial charge in [-0.15, -0.1) is 0 Å². The van der Waals surface area contributed by atoms with Gasteiger partial charge in [-0.2, -0.15) is 0 Å². The summed E-state index contributed by atoms with van der Waals surface area (Å²) in [4.78, 5) is 26.0. The van der Waals surface area contributed by atoms with Crippen molar-refractivity contribution in [2.45, 2.75) is 19.5 Å². The molecule has 1 aliphatic rings. The smallest absolute Gasteiger partial charge is 0.225 e. The molecule has 1 N–H and O–H groups in total. The van der Waals surface area contributed by atoms with E-state index in [0.29, 0.717) is 19.6 Å². The van der Waals surface area contributed by atoms with Crippen LogP contribution in [0.15, 0.2) is 54.6 Å². The highest BCUT2D eigenvalue weighted by Gasteiger charge is 2.34. The molecule has 0 spiro atoms. The van der Waals surface area contributed by atoms with Crippen LogP contribution < -0.4 is 5.32 Å². The summed E-state index contributed by atoms with van der Waals surface area (Å²) in [5.74, 6) is -0.778. The molecule has 2 amide bonds. The van der Waals surface area contributed by atoms with Crippen LogP contribution in [0.2, 0.25) is 0 Å². The van der Waals surface area contributed by atoms with Crippen molar-refractivity contribution in [3.63, 3.8) is 0 Å². The zero-order valence-corrected chi connectivity index (χ0v) is 13.2. The lowest BCUT2D eigenvalue weighted by atomic mass is 10.1. The molecule has 1 aliphatic heterocycles. The van der Waals surface area contributed by atoms with Gasteiger partial charge in [0, 0.05) is 26.1 Å². The molecule has 1 fully saturated rings. The number of rotatable bonds is 5. The summed E-state index contributed by atoms with van der Waals surface area (Å²) < 4.78 is 12.9. The molecule has 0 aliphatic carbocycles. The molecular weight excluding hydrogens is 307 g/mol. The third-order valence-electron chi connectivity index (χ3n) is 4.18. The molecule has 3 rings (SSSR count). The highest BCUT2D eigenvalue weighted by Crippen LogP contribution is 2.20. The molecule has 0 bridgehead atoms. The van der Waals surface area contributed by atoms with Crippen molar-refractivity contribution in [3.05, 3.63) is 71.5 Å². The second kappa shape index (κ2) is 7.25. The van der Waals surface area contributed by atoms with E-state index in [1.807, 2.05) is 30.3 Å². The van der Waals surface area contributed by atoms with Crippen molar-refractivity contribution in [3.8, 4) is 0 Å². The average Bonchev–Trinajstić information content (AvgIpc) is 2.96. The Morgan fingerprint density at radius 3 is 2.50 bits per heavy atom. The Labute approximate surface area is 140 Å². The highest BCUT2D eigenvalue weighted by atomic mass is 19.1. The van der Waals surface area contributed by atoms with Gasteiger partial charge in [-0.1, -0.05) is 42.5 Å². The zero-order valence-electron chi connectivity index (χ0n) is 13.2. The van der Waals surface area contributed by atoms with E-state index in [2.05, 4.69) is 5.32 Å². The van der Waals surface area contributed by atoms with Gasteiger partial charge in [0.25, 0.3) is 0 Å². The van der Waals surface area contributed by atoms with Crippen molar-refractivity contribution < 1.29 is 14.0 Å². The van der Waals surface area contributed by atoms with E-state index in [4.69, 9.17) is 0 Å². The number of hydrogen-bond donors (Lipinski definition) is 1. The van der Waals surface area contributed by atoms with Gasteiger partial charge in [-0.25, -0.2) is 4.39 Å². The molecular formula is C19H19FN2O2. The number of carbonyl (C=O) groups excluding carboxylic acids is 2. The maximum atomic E-state index is 12.9. The molecule has 1 atom stereocenters. The Morgan fingerprint density at radius 2 is 1.79 bits per heavy atom. The first-order chi connectivity index (χ1) is 11.6. The summed E-state index contributed by atoms with van der Waals surface area (Å²) in [6.07, 6.45) is 0.224. The first-order valence-electron chi connectivity index (χ1n) is 7.95. The molecule has 1 heterocycles. The molecule has 5 heteroatoms. The van der Waals surface area contributed by atoms with Crippen LogP contribution >= 0.6 is 0 Å². The van der Waals surface area contributed by atoms with Crippen LogP contribution in [0.3, 0.4) is 0 Å². The fourth-order valence-electron chi connectivity index (χ4n) is 2.84. The summed E-state index contributed by atoms with van der Waals surface area (Å²) in [5.41, 5.74) is 1.88. The lowest BCUT2D eigenvalue weighted by Crippen LogP contribution is -2.32. The predicted molar refractivity (Wildman–Crippen MR) is 88.2 cm³/mol. The number of amides is 2. The molecule has 2 aromatic carbocycles. The predicted octanol–water partition coefficient (Wildman–Crippen LogP) is 2.49. The first-order valence-corrected chi connectivity index (χ1v) is 7.95. The minimum Gasteiger partial charge on any atom is -0.352 e. The SMILES string of the molecule is O=C(NCc1ccccc1)[C@@H]1CC(=O)N(Cc2ccc(F)cc2)C1. The van der Waals surface area contributed by atoms with Crippen LogP contribution in [-0.2, 0) is 22.7 Å². The van der Waals surface area contributed by atoms with Gasteiger partial charge >= 0.3 is 0 Å². The lowest BCUT2D eigenvalue weighted by Gasteiger charge is -2.16. The van der Waals surface area contributed by atoms with E-state index in [1.54, 1.807) is 17.0 Å². The van der Waals surface area contributed by atoms with E-state index in [-0.39, 0.29) is 30.0 Å². The number of carbonyl (C=O) groups is 2. The number of halogens is 1. The maximum absolute atomic E-state index is 12.9. The number of benzene rings is 2. The second-order valence-electron chi connectivity index (χ2n) is 6.01. The van der Waals surface area contributed by atoms with Crippen molar-refractivity contribution in [2.24, 2.45) is 5.92 Å². The molecule has 0 radical (unpaired) electrons. The first kappa shape index (κ1) is 16.2. The van der Waals surface area contributed by atoms with Gasteiger partial charge < -0.3 is 10.2 Å². The van der Waals surface area contributed by atoms with Crippen LogP contribution in [0.5, 0.6) is 0 Å². The van der Waals surface area contributed by atoms with Gasteiger partial charge in [-0.05, 0) is 23.3 Å². The summed E-state index contributed by atoms with van der Waals surface area (Å²) in [6.45, 7) is 1.26. The Morgan fingerprint density at radius 1 is 1.08 bits per heavy atom. The van der Waals surface area contributed by atoms with E-state index >= 15 is 0 Å². The topological polar surface area (TPSA) is 49.4 Å². The average molecular weight is 326 g/mol. The van der Waals surface area contributed by atoms with Crippen LogP contribution in [0, 0.1) is 11.7 Å². The number of nitrogens with one attached hydrogen (secondary N) is 1. The van der Waals surface area contributed by atoms with Crippen LogP contribution in [0.1, 0.15) is 17.5 Å². The highest BCUT2D eigenvalue weighted by molar-refractivity contribution is 5.89. The van der Waals surface area contributed by atoms with Gasteiger partial charge in [0.2, 0.25) is 11.8 Å². The molecule has 2 aromatic rings. The largest absolute Gasteiger partial charge is 0.352 e.